The summed E-state index contributed by atoms with van der Waals surface area (Å²) in [4.78, 5) is 13.3. The highest BCUT2D eigenvalue weighted by Crippen LogP contribution is 2.40. The molecule has 1 aromatic carbocycles. The zero-order valence-corrected chi connectivity index (χ0v) is 18.3. The van der Waals surface area contributed by atoms with Gasteiger partial charge in [-0.05, 0) is 31.9 Å². The number of allylic oxidation sites excluding steroid dienone is 2. The summed E-state index contributed by atoms with van der Waals surface area (Å²) < 4.78 is 0.282. The van der Waals surface area contributed by atoms with Gasteiger partial charge in [0.25, 0.3) is 0 Å². The number of hydrogen-bond acceptors (Lipinski definition) is 3. The number of rotatable bonds is 5. The van der Waals surface area contributed by atoms with Crippen molar-refractivity contribution in [3.8, 4) is 0 Å². The van der Waals surface area contributed by atoms with Crippen molar-refractivity contribution in [3.05, 3.63) is 49.3 Å². The third-order valence-corrected chi connectivity index (χ3v) is 7.96. The molecule has 1 aliphatic rings. The molecular formula is C18H18Cl4OS2. The second-order valence-corrected chi connectivity index (χ2v) is 9.89. The average Bonchev–Trinajstić information content (AvgIpc) is 2.62. The van der Waals surface area contributed by atoms with Crippen LogP contribution in [0.3, 0.4) is 0 Å². The van der Waals surface area contributed by atoms with Crippen LogP contribution >= 0.6 is 69.9 Å². The van der Waals surface area contributed by atoms with Crippen LogP contribution in [0.1, 0.15) is 37.7 Å². The van der Waals surface area contributed by atoms with Crippen molar-refractivity contribution in [3.63, 3.8) is 0 Å². The monoisotopic (exact) mass is 454 g/mol. The first kappa shape index (κ1) is 21.5. The third-order valence-electron chi connectivity index (χ3n) is 3.79. The lowest BCUT2D eigenvalue weighted by molar-refractivity contribution is -0.107. The smallest absolute Gasteiger partial charge is 0.232 e. The summed E-state index contributed by atoms with van der Waals surface area (Å²) in [6.07, 6.45) is 5.60. The first-order valence-corrected chi connectivity index (χ1v) is 11.2. The molecule has 0 N–H and O–H groups in total. The summed E-state index contributed by atoms with van der Waals surface area (Å²) in [5.74, 6) is 0. The molecule has 1 aromatic rings. The van der Waals surface area contributed by atoms with Gasteiger partial charge in [0.2, 0.25) is 5.12 Å². The van der Waals surface area contributed by atoms with Gasteiger partial charge in [-0.25, -0.2) is 0 Å². The Kier molecular flexibility index (Phi) is 9.07. The van der Waals surface area contributed by atoms with Crippen molar-refractivity contribution in [2.75, 3.05) is 0 Å². The van der Waals surface area contributed by atoms with Crippen molar-refractivity contribution in [1.29, 1.82) is 0 Å². The molecule has 0 bridgehead atoms. The number of halogens is 4. The molecular weight excluding hydrogens is 438 g/mol. The van der Waals surface area contributed by atoms with Crippen LogP contribution in [0.4, 0.5) is 0 Å². The van der Waals surface area contributed by atoms with E-state index in [4.69, 9.17) is 46.4 Å². The lowest BCUT2D eigenvalue weighted by Gasteiger charge is -2.19. The zero-order valence-electron chi connectivity index (χ0n) is 13.7. The van der Waals surface area contributed by atoms with Crippen LogP contribution in [0.25, 0.3) is 0 Å². The molecule has 0 aromatic heterocycles. The summed E-state index contributed by atoms with van der Waals surface area (Å²) in [5.41, 5.74) is 1.15. The van der Waals surface area contributed by atoms with Crippen LogP contribution in [-0.2, 0) is 4.79 Å². The molecule has 136 valence electrons. The fourth-order valence-corrected chi connectivity index (χ4v) is 5.35. The Morgan fingerprint density at radius 3 is 2.12 bits per heavy atom. The Balaban J connectivity index is 2.08. The number of carbonyl (C=O) groups excluding carboxylic acids is 1. The summed E-state index contributed by atoms with van der Waals surface area (Å²) in [6.45, 7) is 2.01. The maximum atomic E-state index is 12.3. The Labute approximate surface area is 177 Å². The minimum Gasteiger partial charge on any atom is -0.280 e. The number of carbonyl (C=O) groups is 1. The van der Waals surface area contributed by atoms with Gasteiger partial charge in [-0.2, -0.15) is 0 Å². The minimum atomic E-state index is -0.249. The summed E-state index contributed by atoms with van der Waals surface area (Å²) in [6, 6.07) is 7.84. The van der Waals surface area contributed by atoms with Crippen LogP contribution in [0, 0.1) is 6.92 Å². The van der Waals surface area contributed by atoms with Gasteiger partial charge in [0.1, 0.15) is 5.03 Å². The normalized spacial score (nSPS) is 17.8. The van der Waals surface area contributed by atoms with Gasteiger partial charge in [0, 0.05) is 10.1 Å². The minimum absolute atomic E-state index is 0.00116. The third kappa shape index (κ3) is 6.71. The van der Waals surface area contributed by atoms with Crippen molar-refractivity contribution in [1.82, 2.24) is 0 Å². The summed E-state index contributed by atoms with van der Waals surface area (Å²) in [7, 11) is 0. The fourth-order valence-electron chi connectivity index (χ4n) is 2.41. The average molecular weight is 456 g/mol. The molecule has 0 amide bonds. The molecule has 0 heterocycles. The summed E-state index contributed by atoms with van der Waals surface area (Å²) >= 11 is 27.4. The summed E-state index contributed by atoms with van der Waals surface area (Å²) in [5, 5.41) is 0.0869. The Morgan fingerprint density at radius 2 is 1.52 bits per heavy atom. The predicted molar refractivity (Wildman–Crippen MR) is 114 cm³/mol. The van der Waals surface area contributed by atoms with Crippen LogP contribution < -0.4 is 0 Å². The lowest BCUT2D eigenvalue weighted by Crippen LogP contribution is -2.11. The van der Waals surface area contributed by atoms with Gasteiger partial charge in [0.15, 0.2) is 0 Å². The Bertz CT molecular complexity index is 677. The highest BCUT2D eigenvalue weighted by atomic mass is 35.5. The first-order chi connectivity index (χ1) is 11.9. The topological polar surface area (TPSA) is 17.1 Å². The molecule has 0 saturated heterocycles. The molecule has 1 saturated carbocycles. The molecule has 0 aliphatic heterocycles. The van der Waals surface area contributed by atoms with Crippen molar-refractivity contribution >= 4 is 75.0 Å². The molecule has 0 spiro atoms. The SMILES string of the molecule is Cc1ccc(S/C(Cl)=C(Cl)\C(Cl)=C(\Cl)C(=O)SC2CCCCC2)cc1. The maximum absolute atomic E-state index is 12.3. The fraction of sp³-hybridized carbons (Fsp3) is 0.389. The van der Waals surface area contributed by atoms with Crippen molar-refractivity contribution in [2.45, 2.75) is 49.2 Å². The molecule has 0 atom stereocenters. The number of hydrogen-bond donors (Lipinski definition) is 0. The van der Waals surface area contributed by atoms with Crippen LogP contribution in [0.5, 0.6) is 0 Å². The number of benzene rings is 1. The van der Waals surface area contributed by atoms with E-state index >= 15 is 0 Å². The quantitative estimate of drug-likeness (QED) is 0.254. The molecule has 7 heteroatoms. The standard InChI is InChI=1S/C18H18Cl4OS2/c1-11-7-9-13(10-8-11)24-17(22)15(20)14(19)16(21)18(23)25-12-5-3-2-4-6-12/h7-10,12H,2-6H2,1H3/b16-14-,17-15+. The van der Waals surface area contributed by atoms with Gasteiger partial charge in [-0.3, -0.25) is 4.79 Å². The predicted octanol–water partition coefficient (Wildman–Crippen LogP) is 8.02. The van der Waals surface area contributed by atoms with Gasteiger partial charge in [-0.15, -0.1) is 0 Å². The number of aryl methyl sites for hydroxylation is 1. The van der Waals surface area contributed by atoms with Gasteiger partial charge < -0.3 is 0 Å². The van der Waals surface area contributed by atoms with E-state index < -0.39 is 0 Å². The number of thioether (sulfide) groups is 2. The van der Waals surface area contributed by atoms with Crippen LogP contribution in [-0.4, -0.2) is 10.4 Å². The largest absolute Gasteiger partial charge is 0.280 e. The van der Waals surface area contributed by atoms with Crippen molar-refractivity contribution in [2.24, 2.45) is 0 Å². The van der Waals surface area contributed by atoms with Crippen LogP contribution in [0.2, 0.25) is 0 Å². The maximum Gasteiger partial charge on any atom is 0.232 e. The molecule has 1 nitrogen and oxygen atoms in total. The van der Waals surface area contributed by atoms with E-state index in [-0.39, 0.29) is 24.6 Å². The molecule has 0 radical (unpaired) electrons. The second kappa shape index (κ2) is 10.5. The zero-order chi connectivity index (χ0) is 18.4. The van der Waals surface area contributed by atoms with E-state index in [1.165, 1.54) is 29.9 Å². The van der Waals surface area contributed by atoms with Gasteiger partial charge in [0.05, 0.1) is 14.4 Å². The van der Waals surface area contributed by atoms with Gasteiger partial charge in [-0.1, -0.05) is 107 Å². The highest BCUT2D eigenvalue weighted by Gasteiger charge is 2.22. The molecule has 1 fully saturated rings. The second-order valence-electron chi connectivity index (χ2n) is 5.80. The van der Waals surface area contributed by atoms with Gasteiger partial charge >= 0.3 is 0 Å². The first-order valence-electron chi connectivity index (χ1n) is 7.95. The lowest BCUT2D eigenvalue weighted by atomic mass is 10.0. The van der Waals surface area contributed by atoms with Crippen molar-refractivity contribution < 1.29 is 4.79 Å². The molecule has 2 rings (SSSR count). The molecule has 1 aliphatic carbocycles. The van der Waals surface area contributed by atoms with E-state index in [1.54, 1.807) is 0 Å². The Hall–Kier alpha value is 0.230. The molecule has 0 unspecified atom stereocenters. The van der Waals surface area contributed by atoms with E-state index in [9.17, 15) is 4.79 Å². The van der Waals surface area contributed by atoms with E-state index in [0.717, 1.165) is 36.1 Å². The van der Waals surface area contributed by atoms with E-state index in [0.29, 0.717) is 5.25 Å². The Morgan fingerprint density at radius 1 is 0.920 bits per heavy atom. The van der Waals surface area contributed by atoms with E-state index in [1.807, 2.05) is 31.2 Å². The van der Waals surface area contributed by atoms with E-state index in [2.05, 4.69) is 0 Å². The highest BCUT2D eigenvalue weighted by molar-refractivity contribution is 8.14. The molecule has 25 heavy (non-hydrogen) atoms. The van der Waals surface area contributed by atoms with Crippen LogP contribution in [0.15, 0.2) is 48.6 Å².